The molecule has 1 heterocycles. The number of benzene rings is 2. The second kappa shape index (κ2) is 7.74. The summed E-state index contributed by atoms with van der Waals surface area (Å²) in [6.07, 6.45) is 2.04. The summed E-state index contributed by atoms with van der Waals surface area (Å²) in [4.78, 5) is 39.0. The molecular weight excluding hydrogens is 396 g/mol. The van der Waals surface area contributed by atoms with E-state index < -0.39 is 36.5 Å². The summed E-state index contributed by atoms with van der Waals surface area (Å²) in [5.74, 6) is -1.08. The summed E-state index contributed by atoms with van der Waals surface area (Å²) in [6, 6.07) is 12.2. The van der Waals surface area contributed by atoms with Crippen LogP contribution < -0.4 is 15.4 Å². The van der Waals surface area contributed by atoms with Gasteiger partial charge in [0.15, 0.2) is 0 Å². The molecule has 2 aliphatic rings. The maximum atomic E-state index is 13.2. The smallest absolute Gasteiger partial charge is 0.387 e. The Balaban J connectivity index is 1.46. The van der Waals surface area contributed by atoms with Gasteiger partial charge in [0.25, 0.3) is 5.91 Å². The molecule has 1 fully saturated rings. The van der Waals surface area contributed by atoms with Crippen LogP contribution in [-0.4, -0.2) is 35.9 Å². The molecule has 0 bridgehead atoms. The third-order valence-corrected chi connectivity index (χ3v) is 5.32. The molecule has 1 aliphatic heterocycles. The summed E-state index contributed by atoms with van der Waals surface area (Å²) in [7, 11) is 0. The standard InChI is InChI=1S/C21H19F2N3O4/c22-19(23)30-15-9-7-14(8-10-15)24-17(27)12-26-18(28)21(25-20(26)29)11-3-5-13-4-1-2-6-16(13)21/h1-2,4,6-10,19H,3,5,11-12H2,(H,24,27)(H,25,29)/t21-/m0/s1. The summed E-state index contributed by atoms with van der Waals surface area (Å²) in [5.41, 5.74) is 0.967. The molecule has 0 aromatic heterocycles. The van der Waals surface area contributed by atoms with Gasteiger partial charge in [0.1, 0.15) is 17.8 Å². The van der Waals surface area contributed by atoms with E-state index in [9.17, 15) is 23.2 Å². The highest BCUT2D eigenvalue weighted by Gasteiger charge is 2.54. The number of imide groups is 1. The topological polar surface area (TPSA) is 87.7 Å². The zero-order valence-corrected chi connectivity index (χ0v) is 15.9. The number of ether oxygens (including phenoxy) is 1. The van der Waals surface area contributed by atoms with E-state index in [1.807, 2.05) is 24.3 Å². The molecule has 7 nitrogen and oxygen atoms in total. The zero-order chi connectivity index (χ0) is 21.3. The fourth-order valence-electron chi connectivity index (χ4n) is 4.02. The number of carbonyl (C=O) groups excluding carboxylic acids is 3. The van der Waals surface area contributed by atoms with Crippen molar-refractivity contribution in [3.63, 3.8) is 0 Å². The number of urea groups is 1. The number of hydrogen-bond donors (Lipinski definition) is 2. The Bertz CT molecular complexity index is 996. The first kappa shape index (κ1) is 19.8. The highest BCUT2D eigenvalue weighted by molar-refractivity contribution is 6.10. The highest BCUT2D eigenvalue weighted by atomic mass is 19.3. The van der Waals surface area contributed by atoms with Crippen LogP contribution in [0, 0.1) is 0 Å². The molecule has 30 heavy (non-hydrogen) atoms. The Morgan fingerprint density at radius 3 is 2.63 bits per heavy atom. The molecule has 156 valence electrons. The molecule has 0 unspecified atom stereocenters. The normalized spacial score (nSPS) is 20.3. The first-order chi connectivity index (χ1) is 14.4. The largest absolute Gasteiger partial charge is 0.435 e. The van der Waals surface area contributed by atoms with Gasteiger partial charge in [-0.3, -0.25) is 14.5 Å². The molecule has 1 aliphatic carbocycles. The minimum atomic E-state index is -2.94. The quantitative estimate of drug-likeness (QED) is 0.735. The van der Waals surface area contributed by atoms with Crippen LogP contribution >= 0.6 is 0 Å². The molecule has 9 heteroatoms. The fourth-order valence-corrected chi connectivity index (χ4v) is 4.02. The van der Waals surface area contributed by atoms with Crippen LogP contribution in [0.1, 0.15) is 24.0 Å². The zero-order valence-electron chi connectivity index (χ0n) is 15.9. The maximum Gasteiger partial charge on any atom is 0.387 e. The van der Waals surface area contributed by atoms with E-state index in [0.717, 1.165) is 28.9 Å². The van der Waals surface area contributed by atoms with Crippen LogP contribution in [0.5, 0.6) is 5.75 Å². The van der Waals surface area contributed by atoms with Gasteiger partial charge in [-0.05, 0) is 54.7 Å². The van der Waals surface area contributed by atoms with Crippen molar-refractivity contribution < 1.29 is 27.9 Å². The molecule has 0 radical (unpaired) electrons. The van der Waals surface area contributed by atoms with E-state index in [1.165, 1.54) is 24.3 Å². The Morgan fingerprint density at radius 2 is 1.90 bits per heavy atom. The minimum Gasteiger partial charge on any atom is -0.435 e. The minimum absolute atomic E-state index is 0.0463. The second-order valence-electron chi connectivity index (χ2n) is 7.19. The molecule has 4 rings (SSSR count). The highest BCUT2D eigenvalue weighted by Crippen LogP contribution is 2.39. The molecular formula is C21H19F2N3O4. The SMILES string of the molecule is O=C(CN1C(=O)N[C@]2(CCCc3ccccc32)C1=O)Nc1ccc(OC(F)F)cc1. The van der Waals surface area contributed by atoms with Crippen molar-refractivity contribution >= 4 is 23.5 Å². The molecule has 2 N–H and O–H groups in total. The molecule has 0 saturated carbocycles. The lowest BCUT2D eigenvalue weighted by molar-refractivity contribution is -0.134. The number of amides is 4. The first-order valence-corrected chi connectivity index (χ1v) is 9.46. The van der Waals surface area contributed by atoms with Crippen LogP contribution in [0.2, 0.25) is 0 Å². The predicted octanol–water partition coefficient (Wildman–Crippen LogP) is 3.01. The van der Waals surface area contributed by atoms with Crippen molar-refractivity contribution in [3.05, 3.63) is 59.7 Å². The average molecular weight is 415 g/mol. The van der Waals surface area contributed by atoms with E-state index in [1.54, 1.807) is 0 Å². The third kappa shape index (κ3) is 3.58. The van der Waals surface area contributed by atoms with Gasteiger partial charge in [-0.15, -0.1) is 0 Å². The molecule has 4 amide bonds. The first-order valence-electron chi connectivity index (χ1n) is 9.46. The second-order valence-corrected chi connectivity index (χ2v) is 7.19. The maximum absolute atomic E-state index is 13.2. The number of nitrogens with one attached hydrogen (secondary N) is 2. The van der Waals surface area contributed by atoms with Crippen LogP contribution in [0.4, 0.5) is 19.3 Å². The van der Waals surface area contributed by atoms with Gasteiger partial charge in [0, 0.05) is 5.69 Å². The molecule has 1 atom stereocenters. The summed E-state index contributed by atoms with van der Waals surface area (Å²) < 4.78 is 28.7. The van der Waals surface area contributed by atoms with Crippen molar-refractivity contribution in [1.82, 2.24) is 10.2 Å². The average Bonchev–Trinajstić information content (AvgIpc) is 2.94. The Morgan fingerprint density at radius 1 is 1.17 bits per heavy atom. The molecule has 2 aromatic carbocycles. The number of anilines is 1. The van der Waals surface area contributed by atoms with E-state index >= 15 is 0 Å². The summed E-state index contributed by atoms with van der Waals surface area (Å²) in [6.45, 7) is -3.40. The lowest BCUT2D eigenvalue weighted by Crippen LogP contribution is -2.47. The van der Waals surface area contributed by atoms with Gasteiger partial charge in [-0.25, -0.2) is 4.79 Å². The summed E-state index contributed by atoms with van der Waals surface area (Å²) >= 11 is 0. The van der Waals surface area contributed by atoms with Crippen LogP contribution in [-0.2, 0) is 21.5 Å². The van der Waals surface area contributed by atoms with Crippen molar-refractivity contribution in [2.24, 2.45) is 0 Å². The van der Waals surface area contributed by atoms with Crippen LogP contribution in [0.15, 0.2) is 48.5 Å². The van der Waals surface area contributed by atoms with Crippen LogP contribution in [0.25, 0.3) is 0 Å². The number of halogens is 2. The number of aryl methyl sites for hydroxylation is 1. The van der Waals surface area contributed by atoms with Crippen molar-refractivity contribution in [2.75, 3.05) is 11.9 Å². The predicted molar refractivity (Wildman–Crippen MR) is 103 cm³/mol. The lowest BCUT2D eigenvalue weighted by atomic mass is 9.76. The molecule has 1 spiro atoms. The van der Waals surface area contributed by atoms with Crippen LogP contribution in [0.3, 0.4) is 0 Å². The molecule has 2 aromatic rings. The van der Waals surface area contributed by atoms with Gasteiger partial charge >= 0.3 is 12.6 Å². The van der Waals surface area contributed by atoms with Gasteiger partial charge in [-0.2, -0.15) is 8.78 Å². The van der Waals surface area contributed by atoms with E-state index in [0.29, 0.717) is 12.1 Å². The van der Waals surface area contributed by atoms with E-state index in [4.69, 9.17) is 0 Å². The fraction of sp³-hybridized carbons (Fsp3) is 0.286. The van der Waals surface area contributed by atoms with E-state index in [2.05, 4.69) is 15.4 Å². The Hall–Kier alpha value is -3.49. The van der Waals surface area contributed by atoms with Gasteiger partial charge in [0.05, 0.1) is 0 Å². The molecule has 1 saturated heterocycles. The van der Waals surface area contributed by atoms with Crippen molar-refractivity contribution in [3.8, 4) is 5.75 Å². The Labute approximate surface area is 171 Å². The summed E-state index contributed by atoms with van der Waals surface area (Å²) in [5, 5.41) is 5.34. The van der Waals surface area contributed by atoms with Crippen molar-refractivity contribution in [1.29, 1.82) is 0 Å². The number of alkyl halides is 2. The van der Waals surface area contributed by atoms with Gasteiger partial charge in [0.2, 0.25) is 5.91 Å². The number of rotatable bonds is 5. The number of nitrogens with zero attached hydrogens (tertiary/aromatic N) is 1. The lowest BCUT2D eigenvalue weighted by Gasteiger charge is -2.33. The van der Waals surface area contributed by atoms with Crippen molar-refractivity contribution in [2.45, 2.75) is 31.4 Å². The van der Waals surface area contributed by atoms with E-state index in [-0.39, 0.29) is 5.75 Å². The van der Waals surface area contributed by atoms with Gasteiger partial charge in [-0.1, -0.05) is 24.3 Å². The number of carbonyl (C=O) groups is 3. The third-order valence-electron chi connectivity index (χ3n) is 5.32. The number of fused-ring (bicyclic) bond motifs is 2. The Kier molecular flexibility index (Phi) is 5.11. The monoisotopic (exact) mass is 415 g/mol. The van der Waals surface area contributed by atoms with Gasteiger partial charge < -0.3 is 15.4 Å². The number of hydrogen-bond acceptors (Lipinski definition) is 4.